The smallest absolute Gasteiger partial charge is 0.312 e. The third kappa shape index (κ3) is 4.09. The van der Waals surface area contributed by atoms with Gasteiger partial charge >= 0.3 is 6.03 Å². The molecule has 3 N–H and O–H groups in total. The predicted molar refractivity (Wildman–Crippen MR) is 82.3 cm³/mol. The zero-order valence-electron chi connectivity index (χ0n) is 13.2. The summed E-state index contributed by atoms with van der Waals surface area (Å²) in [5, 5.41) is 2.45. The molecule has 0 saturated heterocycles. The molecular formula is C15H22FN3O3. The number of likely N-dealkylation sites (N-methyl/N-ethyl adjacent to an activating group) is 1. The molecule has 0 unspecified atom stereocenters. The number of amides is 3. The normalized spacial score (nSPS) is 13.1. The van der Waals surface area contributed by atoms with Crippen molar-refractivity contribution >= 4 is 17.6 Å². The van der Waals surface area contributed by atoms with Gasteiger partial charge in [-0.3, -0.25) is 4.79 Å². The molecule has 1 aromatic carbocycles. The second kappa shape index (κ2) is 7.63. The van der Waals surface area contributed by atoms with Crippen LogP contribution in [-0.2, 0) is 4.79 Å². The first kappa shape index (κ1) is 17.7. The van der Waals surface area contributed by atoms with Crippen LogP contribution >= 0.6 is 0 Å². The number of nitrogens with two attached hydrogens (primary N) is 1. The highest BCUT2D eigenvalue weighted by Gasteiger charge is 2.28. The van der Waals surface area contributed by atoms with Crippen LogP contribution in [0.2, 0.25) is 0 Å². The van der Waals surface area contributed by atoms with Crippen molar-refractivity contribution < 1.29 is 18.7 Å². The summed E-state index contributed by atoms with van der Waals surface area (Å²) in [6, 6.07) is 2.67. The highest BCUT2D eigenvalue weighted by atomic mass is 19.1. The van der Waals surface area contributed by atoms with E-state index in [2.05, 4.69) is 5.32 Å². The molecule has 122 valence electrons. The van der Waals surface area contributed by atoms with Gasteiger partial charge in [-0.1, -0.05) is 20.3 Å². The van der Waals surface area contributed by atoms with Crippen LogP contribution in [0.1, 0.15) is 20.3 Å². The lowest BCUT2D eigenvalue weighted by Crippen LogP contribution is -2.52. The molecule has 1 rings (SSSR count). The number of rotatable bonds is 6. The Labute approximate surface area is 129 Å². The molecule has 0 aliphatic rings. The monoisotopic (exact) mass is 311 g/mol. The average Bonchev–Trinajstić information content (AvgIpc) is 2.50. The highest BCUT2D eigenvalue weighted by Crippen LogP contribution is 2.24. The predicted octanol–water partition coefficient (Wildman–Crippen LogP) is 1.88. The summed E-state index contributed by atoms with van der Waals surface area (Å²) in [7, 11) is 2.88. The SMILES string of the molecule is CC[C@H](C)[C@@H](NC(N)=O)C(=O)N(C)c1ccc(OC)c(F)c1. The quantitative estimate of drug-likeness (QED) is 0.841. The minimum atomic E-state index is -0.770. The van der Waals surface area contributed by atoms with Gasteiger partial charge in [0.2, 0.25) is 5.91 Å². The van der Waals surface area contributed by atoms with Crippen molar-refractivity contribution in [3.05, 3.63) is 24.0 Å². The van der Waals surface area contributed by atoms with Crippen molar-refractivity contribution in [1.29, 1.82) is 0 Å². The van der Waals surface area contributed by atoms with Crippen molar-refractivity contribution in [1.82, 2.24) is 5.32 Å². The van der Waals surface area contributed by atoms with Gasteiger partial charge in [-0.2, -0.15) is 0 Å². The van der Waals surface area contributed by atoms with E-state index in [9.17, 15) is 14.0 Å². The lowest BCUT2D eigenvalue weighted by molar-refractivity contribution is -0.121. The van der Waals surface area contributed by atoms with Crippen LogP contribution in [0.15, 0.2) is 18.2 Å². The number of benzene rings is 1. The molecule has 2 atom stereocenters. The fraction of sp³-hybridized carbons (Fsp3) is 0.467. The molecule has 0 aliphatic heterocycles. The summed E-state index contributed by atoms with van der Waals surface area (Å²) < 4.78 is 18.6. The molecule has 22 heavy (non-hydrogen) atoms. The van der Waals surface area contributed by atoms with Crippen LogP contribution in [0.4, 0.5) is 14.9 Å². The van der Waals surface area contributed by atoms with E-state index in [1.165, 1.54) is 31.2 Å². The van der Waals surface area contributed by atoms with E-state index >= 15 is 0 Å². The van der Waals surface area contributed by atoms with E-state index in [0.29, 0.717) is 12.1 Å². The zero-order chi connectivity index (χ0) is 16.9. The van der Waals surface area contributed by atoms with E-state index in [1.807, 2.05) is 13.8 Å². The Hall–Kier alpha value is -2.31. The summed E-state index contributed by atoms with van der Waals surface area (Å²) in [6.07, 6.45) is 0.682. The number of nitrogens with one attached hydrogen (secondary N) is 1. The van der Waals surface area contributed by atoms with Gasteiger partial charge in [0, 0.05) is 18.8 Å². The summed E-state index contributed by atoms with van der Waals surface area (Å²) in [4.78, 5) is 24.9. The molecular weight excluding hydrogens is 289 g/mol. The Balaban J connectivity index is 3.02. The van der Waals surface area contributed by atoms with E-state index in [1.54, 1.807) is 6.07 Å². The van der Waals surface area contributed by atoms with Crippen LogP contribution < -0.4 is 20.7 Å². The van der Waals surface area contributed by atoms with Crippen molar-refractivity contribution in [2.75, 3.05) is 19.1 Å². The van der Waals surface area contributed by atoms with Crippen molar-refractivity contribution in [3.8, 4) is 5.75 Å². The molecule has 0 aromatic heterocycles. The number of hydrogen-bond acceptors (Lipinski definition) is 3. The maximum atomic E-state index is 13.8. The maximum Gasteiger partial charge on any atom is 0.312 e. The highest BCUT2D eigenvalue weighted by molar-refractivity contribution is 5.98. The number of nitrogens with zero attached hydrogens (tertiary/aromatic N) is 1. The minimum absolute atomic E-state index is 0.0957. The third-order valence-corrected chi connectivity index (χ3v) is 3.63. The number of primary amides is 1. The maximum absolute atomic E-state index is 13.8. The molecule has 0 spiro atoms. The number of urea groups is 1. The Morgan fingerprint density at radius 1 is 1.45 bits per heavy atom. The number of halogens is 1. The van der Waals surface area contributed by atoms with Gasteiger partial charge in [-0.05, 0) is 18.1 Å². The largest absolute Gasteiger partial charge is 0.494 e. The third-order valence-electron chi connectivity index (χ3n) is 3.63. The molecule has 0 fully saturated rings. The lowest BCUT2D eigenvalue weighted by atomic mass is 9.98. The molecule has 7 heteroatoms. The van der Waals surface area contributed by atoms with Gasteiger partial charge in [-0.15, -0.1) is 0 Å². The Morgan fingerprint density at radius 3 is 2.55 bits per heavy atom. The summed E-state index contributed by atoms with van der Waals surface area (Å²) in [5.41, 5.74) is 5.49. The van der Waals surface area contributed by atoms with E-state index in [-0.39, 0.29) is 17.6 Å². The van der Waals surface area contributed by atoms with Gasteiger partial charge in [0.05, 0.1) is 7.11 Å². The van der Waals surface area contributed by atoms with Gasteiger partial charge in [0.15, 0.2) is 11.6 Å². The minimum Gasteiger partial charge on any atom is -0.494 e. The number of ether oxygens (including phenoxy) is 1. The number of anilines is 1. The first-order valence-corrected chi connectivity index (χ1v) is 6.98. The molecule has 3 amide bonds. The molecule has 0 aliphatic carbocycles. The summed E-state index contributed by atoms with van der Waals surface area (Å²) in [6.45, 7) is 3.74. The second-order valence-corrected chi connectivity index (χ2v) is 5.09. The molecule has 0 heterocycles. The summed E-state index contributed by atoms with van der Waals surface area (Å²) >= 11 is 0. The topological polar surface area (TPSA) is 84.7 Å². The fourth-order valence-electron chi connectivity index (χ4n) is 2.04. The van der Waals surface area contributed by atoms with Crippen LogP contribution in [0, 0.1) is 11.7 Å². The van der Waals surface area contributed by atoms with Crippen LogP contribution in [0.25, 0.3) is 0 Å². The van der Waals surface area contributed by atoms with Crippen molar-refractivity contribution in [2.45, 2.75) is 26.3 Å². The lowest BCUT2D eigenvalue weighted by Gasteiger charge is -2.27. The standard InChI is InChI=1S/C15H22FN3O3/c1-5-9(2)13(18-15(17)21)14(20)19(3)10-6-7-12(22-4)11(16)8-10/h6-9,13H,5H2,1-4H3,(H3,17,18,21)/t9-,13+/m0/s1. The second-order valence-electron chi connectivity index (χ2n) is 5.09. The Kier molecular flexibility index (Phi) is 6.15. The number of hydrogen-bond donors (Lipinski definition) is 2. The molecule has 1 aromatic rings. The van der Waals surface area contributed by atoms with Gasteiger partial charge < -0.3 is 20.7 Å². The molecule has 0 bridgehead atoms. The first-order chi connectivity index (χ1) is 10.3. The molecule has 0 radical (unpaired) electrons. The zero-order valence-corrected chi connectivity index (χ0v) is 13.2. The van der Waals surface area contributed by atoms with Gasteiger partial charge in [0.1, 0.15) is 6.04 Å². The number of carbonyl (C=O) groups excluding carboxylic acids is 2. The molecule has 6 nitrogen and oxygen atoms in total. The average molecular weight is 311 g/mol. The number of carbonyl (C=O) groups is 2. The first-order valence-electron chi connectivity index (χ1n) is 6.98. The van der Waals surface area contributed by atoms with E-state index < -0.39 is 17.9 Å². The van der Waals surface area contributed by atoms with Crippen molar-refractivity contribution in [2.24, 2.45) is 11.7 Å². The number of methoxy groups -OCH3 is 1. The van der Waals surface area contributed by atoms with E-state index in [0.717, 1.165) is 0 Å². The van der Waals surface area contributed by atoms with E-state index in [4.69, 9.17) is 10.5 Å². The Morgan fingerprint density at radius 2 is 2.09 bits per heavy atom. The fourth-order valence-corrected chi connectivity index (χ4v) is 2.04. The summed E-state index contributed by atoms with van der Waals surface area (Å²) in [5.74, 6) is -0.941. The molecule has 0 saturated carbocycles. The Bertz CT molecular complexity index is 551. The van der Waals surface area contributed by atoms with Crippen LogP contribution in [0.5, 0.6) is 5.75 Å². The van der Waals surface area contributed by atoms with Gasteiger partial charge in [-0.25, -0.2) is 9.18 Å². The van der Waals surface area contributed by atoms with Crippen molar-refractivity contribution in [3.63, 3.8) is 0 Å². The van der Waals surface area contributed by atoms with Crippen LogP contribution in [-0.4, -0.2) is 32.1 Å². The van der Waals surface area contributed by atoms with Crippen LogP contribution in [0.3, 0.4) is 0 Å². The van der Waals surface area contributed by atoms with Gasteiger partial charge in [0.25, 0.3) is 0 Å².